The molecular weight excluding hydrogens is 202 g/mol. The minimum Gasteiger partial charge on any atom is -0.397 e. The Balaban J connectivity index is 2.06. The van der Waals surface area contributed by atoms with Crippen molar-refractivity contribution in [2.75, 3.05) is 36.8 Å². The summed E-state index contributed by atoms with van der Waals surface area (Å²) in [6.45, 7) is 4.01. The van der Waals surface area contributed by atoms with E-state index in [1.807, 2.05) is 12.1 Å². The number of nitrogens with one attached hydrogen (secondary N) is 2. The van der Waals surface area contributed by atoms with Gasteiger partial charge in [0.25, 0.3) is 0 Å². The maximum absolute atomic E-state index is 5.90. The molecular formula is C11H15N5. The molecule has 0 radical (unpaired) electrons. The summed E-state index contributed by atoms with van der Waals surface area (Å²) in [5.74, 6) is 1.02. The van der Waals surface area contributed by atoms with Crippen LogP contribution < -0.4 is 16.0 Å². The zero-order chi connectivity index (χ0) is 11.0. The van der Waals surface area contributed by atoms with Gasteiger partial charge in [-0.2, -0.15) is 5.10 Å². The Labute approximate surface area is 93.6 Å². The minimum absolute atomic E-state index is 0.756. The Bertz CT molecular complexity index is 498. The molecule has 0 saturated carbocycles. The van der Waals surface area contributed by atoms with Crippen molar-refractivity contribution in [1.82, 2.24) is 15.5 Å². The minimum atomic E-state index is 0.756. The average molecular weight is 217 g/mol. The first-order valence-corrected chi connectivity index (χ1v) is 5.54. The summed E-state index contributed by atoms with van der Waals surface area (Å²) in [7, 11) is 0. The van der Waals surface area contributed by atoms with E-state index < -0.39 is 0 Å². The number of anilines is 2. The first kappa shape index (κ1) is 9.47. The van der Waals surface area contributed by atoms with Crippen LogP contribution in [0.4, 0.5) is 11.5 Å². The third kappa shape index (κ3) is 1.40. The number of nitrogens with zero attached hydrogens (tertiary/aromatic N) is 2. The Kier molecular flexibility index (Phi) is 2.18. The number of aromatic amines is 1. The van der Waals surface area contributed by atoms with Gasteiger partial charge in [0, 0.05) is 31.6 Å². The van der Waals surface area contributed by atoms with Crippen molar-refractivity contribution in [3.8, 4) is 0 Å². The number of fused-ring (bicyclic) bond motifs is 1. The smallest absolute Gasteiger partial charge is 0.158 e. The molecule has 1 saturated heterocycles. The summed E-state index contributed by atoms with van der Waals surface area (Å²) >= 11 is 0. The number of hydrogen-bond acceptors (Lipinski definition) is 4. The number of H-pyrrole nitrogens is 1. The molecule has 0 amide bonds. The first-order chi connectivity index (χ1) is 7.86. The molecule has 16 heavy (non-hydrogen) atoms. The molecule has 3 rings (SSSR count). The predicted molar refractivity (Wildman–Crippen MR) is 65.6 cm³/mol. The van der Waals surface area contributed by atoms with Crippen LogP contribution in [-0.4, -0.2) is 36.4 Å². The second-order valence-electron chi connectivity index (χ2n) is 4.05. The van der Waals surface area contributed by atoms with Crippen LogP contribution in [0, 0.1) is 0 Å². The van der Waals surface area contributed by atoms with E-state index in [4.69, 9.17) is 5.73 Å². The topological polar surface area (TPSA) is 70.0 Å². The van der Waals surface area contributed by atoms with Crippen molar-refractivity contribution in [3.63, 3.8) is 0 Å². The second kappa shape index (κ2) is 3.68. The highest BCUT2D eigenvalue weighted by Gasteiger charge is 2.16. The SMILES string of the molecule is Nc1cccc2c(N3CCNCC3)n[nH]c12. The van der Waals surface area contributed by atoms with Crippen LogP contribution in [0.3, 0.4) is 0 Å². The molecule has 1 aromatic carbocycles. The van der Waals surface area contributed by atoms with Crippen LogP contribution in [0.25, 0.3) is 10.9 Å². The van der Waals surface area contributed by atoms with Crippen molar-refractivity contribution < 1.29 is 0 Å². The summed E-state index contributed by atoms with van der Waals surface area (Å²) in [6.07, 6.45) is 0. The van der Waals surface area contributed by atoms with Crippen LogP contribution in [0.5, 0.6) is 0 Å². The lowest BCUT2D eigenvalue weighted by atomic mass is 10.2. The summed E-state index contributed by atoms with van der Waals surface area (Å²) in [6, 6.07) is 5.92. The van der Waals surface area contributed by atoms with Gasteiger partial charge in [-0.1, -0.05) is 6.07 Å². The Morgan fingerprint density at radius 3 is 2.88 bits per heavy atom. The van der Waals surface area contributed by atoms with E-state index in [-0.39, 0.29) is 0 Å². The molecule has 1 fully saturated rings. The number of aromatic nitrogens is 2. The monoisotopic (exact) mass is 217 g/mol. The summed E-state index contributed by atoms with van der Waals surface area (Å²) in [4.78, 5) is 2.29. The standard InChI is InChI=1S/C11H15N5/c12-9-3-1-2-8-10(9)14-15-11(8)16-6-4-13-5-7-16/h1-3,13H,4-7,12H2,(H,14,15). The molecule has 0 bridgehead atoms. The number of piperazine rings is 1. The van der Waals surface area contributed by atoms with Gasteiger partial charge in [0.15, 0.2) is 5.82 Å². The Hall–Kier alpha value is -1.75. The zero-order valence-electron chi connectivity index (χ0n) is 9.03. The summed E-state index contributed by atoms with van der Waals surface area (Å²) in [5, 5.41) is 11.8. The van der Waals surface area contributed by atoms with Crippen molar-refractivity contribution >= 4 is 22.4 Å². The first-order valence-electron chi connectivity index (χ1n) is 5.54. The summed E-state index contributed by atoms with van der Waals surface area (Å²) in [5.41, 5.74) is 7.59. The highest BCUT2D eigenvalue weighted by atomic mass is 15.3. The molecule has 2 aromatic rings. The molecule has 5 heteroatoms. The quantitative estimate of drug-likeness (QED) is 0.610. The number of para-hydroxylation sites is 1. The van der Waals surface area contributed by atoms with E-state index in [0.29, 0.717) is 0 Å². The molecule has 0 unspecified atom stereocenters. The fourth-order valence-electron chi connectivity index (χ4n) is 2.17. The molecule has 4 N–H and O–H groups in total. The maximum Gasteiger partial charge on any atom is 0.158 e. The van der Waals surface area contributed by atoms with E-state index in [9.17, 15) is 0 Å². The lowest BCUT2D eigenvalue weighted by molar-refractivity contribution is 0.585. The maximum atomic E-state index is 5.90. The highest BCUT2D eigenvalue weighted by molar-refractivity contribution is 5.97. The van der Waals surface area contributed by atoms with E-state index in [0.717, 1.165) is 48.6 Å². The van der Waals surface area contributed by atoms with Crippen molar-refractivity contribution in [3.05, 3.63) is 18.2 Å². The van der Waals surface area contributed by atoms with E-state index in [1.165, 1.54) is 0 Å². The number of hydrogen-bond donors (Lipinski definition) is 3. The number of nitrogen functional groups attached to an aromatic ring is 1. The highest BCUT2D eigenvalue weighted by Crippen LogP contribution is 2.27. The summed E-state index contributed by atoms with van der Waals surface area (Å²) < 4.78 is 0. The lowest BCUT2D eigenvalue weighted by Gasteiger charge is -2.27. The molecule has 0 spiro atoms. The van der Waals surface area contributed by atoms with Crippen LogP contribution in [0.2, 0.25) is 0 Å². The van der Waals surface area contributed by atoms with Crippen molar-refractivity contribution in [2.24, 2.45) is 0 Å². The third-order valence-electron chi connectivity index (χ3n) is 3.03. The normalized spacial score (nSPS) is 16.9. The lowest BCUT2D eigenvalue weighted by Crippen LogP contribution is -2.43. The van der Waals surface area contributed by atoms with Gasteiger partial charge in [-0.25, -0.2) is 0 Å². The van der Waals surface area contributed by atoms with Gasteiger partial charge in [0.1, 0.15) is 0 Å². The molecule has 1 aliphatic heterocycles. The van der Waals surface area contributed by atoms with Gasteiger partial charge in [-0.05, 0) is 12.1 Å². The molecule has 2 heterocycles. The second-order valence-corrected chi connectivity index (χ2v) is 4.05. The number of rotatable bonds is 1. The van der Waals surface area contributed by atoms with Gasteiger partial charge >= 0.3 is 0 Å². The largest absolute Gasteiger partial charge is 0.397 e. The zero-order valence-corrected chi connectivity index (χ0v) is 9.03. The van der Waals surface area contributed by atoms with Crippen LogP contribution in [0.1, 0.15) is 0 Å². The fourth-order valence-corrected chi connectivity index (χ4v) is 2.17. The van der Waals surface area contributed by atoms with Gasteiger partial charge in [0.2, 0.25) is 0 Å². The van der Waals surface area contributed by atoms with Crippen LogP contribution in [-0.2, 0) is 0 Å². The van der Waals surface area contributed by atoms with E-state index in [2.05, 4.69) is 26.5 Å². The number of nitrogens with two attached hydrogens (primary N) is 1. The molecule has 84 valence electrons. The van der Waals surface area contributed by atoms with E-state index in [1.54, 1.807) is 0 Å². The Morgan fingerprint density at radius 1 is 1.25 bits per heavy atom. The predicted octanol–water partition coefficient (Wildman–Crippen LogP) is 0.555. The fraction of sp³-hybridized carbons (Fsp3) is 0.364. The van der Waals surface area contributed by atoms with E-state index >= 15 is 0 Å². The van der Waals surface area contributed by atoms with Gasteiger partial charge in [-0.3, -0.25) is 5.10 Å². The average Bonchev–Trinajstić information content (AvgIpc) is 2.75. The Morgan fingerprint density at radius 2 is 2.06 bits per heavy atom. The number of benzene rings is 1. The molecule has 1 aromatic heterocycles. The van der Waals surface area contributed by atoms with Crippen LogP contribution in [0.15, 0.2) is 18.2 Å². The molecule has 0 atom stereocenters. The van der Waals surface area contributed by atoms with Gasteiger partial charge < -0.3 is 16.0 Å². The third-order valence-corrected chi connectivity index (χ3v) is 3.03. The van der Waals surface area contributed by atoms with Crippen LogP contribution >= 0.6 is 0 Å². The van der Waals surface area contributed by atoms with Crippen molar-refractivity contribution in [2.45, 2.75) is 0 Å². The van der Waals surface area contributed by atoms with Gasteiger partial charge in [-0.15, -0.1) is 0 Å². The molecule has 5 nitrogen and oxygen atoms in total. The molecule has 1 aliphatic rings. The van der Waals surface area contributed by atoms with Gasteiger partial charge in [0.05, 0.1) is 11.2 Å². The molecule has 0 aliphatic carbocycles. The van der Waals surface area contributed by atoms with Crippen molar-refractivity contribution in [1.29, 1.82) is 0 Å².